The van der Waals surface area contributed by atoms with Crippen molar-refractivity contribution in [3.8, 4) is 5.75 Å². The summed E-state index contributed by atoms with van der Waals surface area (Å²) >= 11 is 0. The van der Waals surface area contributed by atoms with E-state index in [1.54, 1.807) is 6.92 Å². The van der Waals surface area contributed by atoms with Crippen molar-refractivity contribution in [1.29, 1.82) is 0 Å². The molecule has 1 aliphatic rings. The molecule has 1 fully saturated rings. The molecule has 2 heterocycles. The molecule has 0 amide bonds. The van der Waals surface area contributed by atoms with Gasteiger partial charge in [0.2, 0.25) is 0 Å². The summed E-state index contributed by atoms with van der Waals surface area (Å²) in [5, 5.41) is 4.19. The Hall–Kier alpha value is -2.98. The number of fused-ring (bicyclic) bond motifs is 1. The van der Waals surface area contributed by atoms with Gasteiger partial charge in [-0.25, -0.2) is 18.4 Å². The van der Waals surface area contributed by atoms with Gasteiger partial charge in [-0.15, -0.1) is 13.2 Å². The zero-order valence-electron chi connectivity index (χ0n) is 15.1. The number of aryl methyl sites for hydroxylation is 1. The van der Waals surface area contributed by atoms with Gasteiger partial charge in [0.1, 0.15) is 23.6 Å². The van der Waals surface area contributed by atoms with E-state index in [0.717, 1.165) is 25.0 Å². The molecule has 0 saturated heterocycles. The van der Waals surface area contributed by atoms with Gasteiger partial charge in [0.15, 0.2) is 17.2 Å². The molecule has 3 aromatic rings. The lowest BCUT2D eigenvalue weighted by Gasteiger charge is -2.19. The van der Waals surface area contributed by atoms with Crippen molar-refractivity contribution < 1.29 is 26.7 Å². The summed E-state index contributed by atoms with van der Waals surface area (Å²) in [7, 11) is 0. The van der Waals surface area contributed by atoms with E-state index in [4.69, 9.17) is 0 Å². The van der Waals surface area contributed by atoms with Gasteiger partial charge in [0.05, 0.1) is 6.04 Å². The monoisotopic (exact) mass is 414 g/mol. The van der Waals surface area contributed by atoms with Crippen LogP contribution < -0.4 is 10.3 Å². The highest BCUT2D eigenvalue weighted by Crippen LogP contribution is 2.45. The Morgan fingerprint density at radius 3 is 2.66 bits per heavy atom. The van der Waals surface area contributed by atoms with Gasteiger partial charge in [-0.1, -0.05) is 6.07 Å². The number of nitrogens with zero attached hydrogens (tertiary/aromatic N) is 3. The fourth-order valence-electron chi connectivity index (χ4n) is 3.45. The van der Waals surface area contributed by atoms with E-state index in [9.17, 15) is 26.7 Å². The van der Waals surface area contributed by atoms with Crippen LogP contribution in [-0.4, -0.2) is 26.1 Å². The lowest BCUT2D eigenvalue weighted by molar-refractivity contribution is -0.275. The Balaban J connectivity index is 1.84. The predicted molar refractivity (Wildman–Crippen MR) is 91.6 cm³/mol. The fourth-order valence-corrected chi connectivity index (χ4v) is 3.45. The first kappa shape index (κ1) is 19.3. The lowest BCUT2D eigenvalue weighted by atomic mass is 10.0. The molecule has 29 heavy (non-hydrogen) atoms. The molecule has 4 rings (SSSR count). The SMILES string of the molecule is Cc1nc2c(c(CF)nn2C(c2ccc(OC(F)(F)F)c(F)c2)C2CC2)c(=O)[nH]1. The molecule has 11 heteroatoms. The van der Waals surface area contributed by atoms with Crippen LogP contribution in [0.4, 0.5) is 22.0 Å². The third-order valence-corrected chi connectivity index (χ3v) is 4.73. The zero-order valence-corrected chi connectivity index (χ0v) is 15.1. The van der Waals surface area contributed by atoms with Crippen LogP contribution in [0, 0.1) is 18.7 Å². The molecule has 1 aliphatic carbocycles. The third kappa shape index (κ3) is 3.68. The summed E-state index contributed by atoms with van der Waals surface area (Å²) in [6, 6.07) is 2.52. The van der Waals surface area contributed by atoms with E-state index in [2.05, 4.69) is 19.8 Å². The van der Waals surface area contributed by atoms with Crippen molar-refractivity contribution in [2.75, 3.05) is 0 Å². The Morgan fingerprint density at radius 2 is 2.07 bits per heavy atom. The highest BCUT2D eigenvalue weighted by atomic mass is 19.4. The molecule has 1 saturated carbocycles. The minimum atomic E-state index is -5.02. The van der Waals surface area contributed by atoms with Crippen LogP contribution in [0.1, 0.15) is 36.0 Å². The van der Waals surface area contributed by atoms with E-state index in [1.165, 1.54) is 10.7 Å². The highest BCUT2D eigenvalue weighted by molar-refractivity contribution is 5.77. The van der Waals surface area contributed by atoms with Crippen molar-refractivity contribution in [3.63, 3.8) is 0 Å². The Morgan fingerprint density at radius 1 is 1.34 bits per heavy atom. The van der Waals surface area contributed by atoms with Gasteiger partial charge in [0, 0.05) is 0 Å². The average Bonchev–Trinajstić information content (AvgIpc) is 3.38. The number of hydrogen-bond donors (Lipinski definition) is 1. The van der Waals surface area contributed by atoms with Gasteiger partial charge >= 0.3 is 6.36 Å². The quantitative estimate of drug-likeness (QED) is 0.642. The van der Waals surface area contributed by atoms with Gasteiger partial charge in [-0.05, 0) is 43.4 Å². The summed E-state index contributed by atoms with van der Waals surface area (Å²) in [4.78, 5) is 19.0. The smallest absolute Gasteiger partial charge is 0.403 e. The van der Waals surface area contributed by atoms with E-state index in [-0.39, 0.29) is 22.6 Å². The van der Waals surface area contributed by atoms with Gasteiger partial charge in [-0.2, -0.15) is 5.10 Å². The first-order chi connectivity index (χ1) is 13.7. The summed E-state index contributed by atoms with van der Waals surface area (Å²) in [6.07, 6.45) is -3.49. The maximum absolute atomic E-state index is 14.3. The van der Waals surface area contributed by atoms with E-state index < -0.39 is 36.2 Å². The summed E-state index contributed by atoms with van der Waals surface area (Å²) in [5.41, 5.74) is -0.168. The topological polar surface area (TPSA) is 72.8 Å². The van der Waals surface area contributed by atoms with Gasteiger partial charge < -0.3 is 9.72 Å². The van der Waals surface area contributed by atoms with Crippen LogP contribution >= 0.6 is 0 Å². The predicted octanol–water partition coefficient (Wildman–Crippen LogP) is 3.93. The molecule has 0 spiro atoms. The van der Waals surface area contributed by atoms with Crippen LogP contribution in [0.5, 0.6) is 5.75 Å². The molecule has 1 unspecified atom stereocenters. The van der Waals surface area contributed by atoms with Crippen molar-refractivity contribution in [3.05, 3.63) is 51.5 Å². The first-order valence-electron chi connectivity index (χ1n) is 8.77. The van der Waals surface area contributed by atoms with E-state index in [0.29, 0.717) is 11.4 Å². The number of halogens is 5. The second-order valence-electron chi connectivity index (χ2n) is 6.89. The van der Waals surface area contributed by atoms with Crippen molar-refractivity contribution >= 4 is 11.0 Å². The molecule has 1 aromatic carbocycles. The zero-order chi connectivity index (χ0) is 20.9. The number of ether oxygens (including phenoxy) is 1. The molecule has 0 bridgehead atoms. The second-order valence-corrected chi connectivity index (χ2v) is 6.89. The molecule has 6 nitrogen and oxygen atoms in total. The highest BCUT2D eigenvalue weighted by Gasteiger charge is 2.37. The molecule has 0 aliphatic heterocycles. The maximum Gasteiger partial charge on any atom is 0.573 e. The number of H-pyrrole nitrogens is 1. The second kappa shape index (κ2) is 6.82. The molecule has 2 aromatic heterocycles. The van der Waals surface area contributed by atoms with Crippen molar-refractivity contribution in [1.82, 2.24) is 19.7 Å². The molecular weight excluding hydrogens is 399 g/mol. The number of alkyl halides is 4. The normalized spacial score (nSPS) is 15.7. The van der Waals surface area contributed by atoms with E-state index >= 15 is 0 Å². The molecule has 1 atom stereocenters. The van der Waals surface area contributed by atoms with Gasteiger partial charge in [0.25, 0.3) is 5.56 Å². The molecule has 0 radical (unpaired) electrons. The first-order valence-corrected chi connectivity index (χ1v) is 8.77. The van der Waals surface area contributed by atoms with Gasteiger partial charge in [-0.3, -0.25) is 4.79 Å². The van der Waals surface area contributed by atoms with Crippen LogP contribution in [0.3, 0.4) is 0 Å². The number of rotatable bonds is 5. The number of nitrogens with one attached hydrogen (secondary N) is 1. The van der Waals surface area contributed by atoms with Crippen LogP contribution in [0.15, 0.2) is 23.0 Å². The number of aromatic amines is 1. The fraction of sp³-hybridized carbons (Fsp3) is 0.389. The lowest BCUT2D eigenvalue weighted by Crippen LogP contribution is -2.19. The minimum absolute atomic E-state index is 0.000685. The maximum atomic E-state index is 14.3. The number of aromatic nitrogens is 4. The molecule has 1 N–H and O–H groups in total. The standard InChI is InChI=1S/C18H15F5N4O2/c1-8-24-16-14(17(28)25-8)12(7-19)26-27(16)15(9-2-3-9)10-4-5-13(11(20)6-10)29-18(21,22)23/h4-6,9,15H,2-3,7H2,1H3,(H,24,25,28). The average molecular weight is 414 g/mol. The third-order valence-electron chi connectivity index (χ3n) is 4.73. The van der Waals surface area contributed by atoms with E-state index in [1.807, 2.05) is 0 Å². The number of hydrogen-bond acceptors (Lipinski definition) is 4. The minimum Gasteiger partial charge on any atom is -0.403 e. The Kier molecular flexibility index (Phi) is 4.55. The Bertz CT molecular complexity index is 1130. The summed E-state index contributed by atoms with van der Waals surface area (Å²) in [6.45, 7) is 0.559. The van der Waals surface area contributed by atoms with Crippen molar-refractivity contribution in [2.45, 2.75) is 38.8 Å². The van der Waals surface area contributed by atoms with Crippen LogP contribution in [-0.2, 0) is 6.67 Å². The number of benzene rings is 1. The summed E-state index contributed by atoms with van der Waals surface area (Å²) in [5.74, 6) is -1.84. The summed E-state index contributed by atoms with van der Waals surface area (Å²) < 4.78 is 70.0. The largest absolute Gasteiger partial charge is 0.573 e. The van der Waals surface area contributed by atoms with Crippen molar-refractivity contribution in [2.24, 2.45) is 5.92 Å². The molecule has 154 valence electrons. The van der Waals surface area contributed by atoms with Crippen LogP contribution in [0.2, 0.25) is 0 Å². The molecular formula is C18H15F5N4O2. The van der Waals surface area contributed by atoms with Crippen LogP contribution in [0.25, 0.3) is 11.0 Å². The Labute approximate surface area is 160 Å².